The fraction of sp³-hybridized carbons (Fsp3) is 0.364. The van der Waals surface area contributed by atoms with Gasteiger partial charge in [-0.25, -0.2) is 9.78 Å². The number of ether oxygens (including phenoxy) is 1. The van der Waals surface area contributed by atoms with Crippen LogP contribution in [0.25, 0.3) is 0 Å². The minimum atomic E-state index is -0.641. The predicted octanol–water partition coefficient (Wildman–Crippen LogP) is 0.255. The summed E-state index contributed by atoms with van der Waals surface area (Å²) in [5, 5.41) is 1.44. The van der Waals surface area contributed by atoms with Crippen LogP contribution in [0.4, 0.5) is 5.82 Å². The van der Waals surface area contributed by atoms with Crippen molar-refractivity contribution in [3.63, 3.8) is 0 Å². The summed E-state index contributed by atoms with van der Waals surface area (Å²) in [6.45, 7) is 2.02. The number of nitrogens with one attached hydrogen (secondary N) is 1. The van der Waals surface area contributed by atoms with Crippen LogP contribution in [0.1, 0.15) is 13.3 Å². The Hall–Kier alpha value is -2.11. The summed E-state index contributed by atoms with van der Waals surface area (Å²) in [6.07, 6.45) is 1.69. The Balaban J connectivity index is 2.20. The molecule has 17 heavy (non-hydrogen) atoms. The Morgan fingerprint density at radius 2 is 2.47 bits per heavy atom. The quantitative estimate of drug-likeness (QED) is 0.761. The molecule has 6 nitrogen and oxygen atoms in total. The lowest BCUT2D eigenvalue weighted by Crippen LogP contribution is -2.43. The van der Waals surface area contributed by atoms with E-state index in [4.69, 9.17) is 4.74 Å². The lowest BCUT2D eigenvalue weighted by Gasteiger charge is -2.22. The van der Waals surface area contributed by atoms with Crippen molar-refractivity contribution in [3.8, 4) is 0 Å². The lowest BCUT2D eigenvalue weighted by atomic mass is 10.2. The third-order valence-corrected chi connectivity index (χ3v) is 2.39. The first-order valence-corrected chi connectivity index (χ1v) is 5.38. The second kappa shape index (κ2) is 4.82. The van der Waals surface area contributed by atoms with E-state index in [1.807, 2.05) is 0 Å². The molecular formula is C11H13N3O3. The summed E-state index contributed by atoms with van der Waals surface area (Å²) in [6, 6.07) is 4.63. The van der Waals surface area contributed by atoms with Crippen molar-refractivity contribution < 1.29 is 14.3 Å². The largest absolute Gasteiger partial charge is 0.464 e. The number of pyridine rings is 1. The molecule has 0 aromatic carbocycles. The topological polar surface area (TPSA) is 71.5 Å². The minimum Gasteiger partial charge on any atom is -0.464 e. The number of hydrogen-bond acceptors (Lipinski definition) is 5. The highest BCUT2D eigenvalue weighted by atomic mass is 16.5. The molecule has 0 aliphatic carbocycles. The molecule has 1 unspecified atom stereocenters. The molecule has 1 aliphatic rings. The Labute approximate surface area is 98.6 Å². The summed E-state index contributed by atoms with van der Waals surface area (Å²) in [7, 11) is 0. The molecule has 90 valence electrons. The molecule has 1 fully saturated rings. The second-order valence-corrected chi connectivity index (χ2v) is 3.56. The first-order valence-electron chi connectivity index (χ1n) is 5.38. The van der Waals surface area contributed by atoms with Gasteiger partial charge in [-0.1, -0.05) is 6.07 Å². The smallest absolute Gasteiger partial charge is 0.331 e. The minimum absolute atomic E-state index is 0.0927. The van der Waals surface area contributed by atoms with Crippen LogP contribution in [-0.2, 0) is 14.3 Å². The molecule has 0 saturated carbocycles. The number of nitrogens with zero attached hydrogens (tertiary/aromatic N) is 2. The van der Waals surface area contributed by atoms with Crippen molar-refractivity contribution in [3.05, 3.63) is 24.4 Å². The first kappa shape index (κ1) is 11.4. The Kier molecular flexibility index (Phi) is 3.22. The third kappa shape index (κ3) is 2.35. The predicted molar refractivity (Wildman–Crippen MR) is 59.9 cm³/mol. The van der Waals surface area contributed by atoms with E-state index < -0.39 is 12.0 Å². The first-order chi connectivity index (χ1) is 8.22. The molecule has 1 aromatic heterocycles. The highest BCUT2D eigenvalue weighted by Gasteiger charge is 2.37. The Morgan fingerprint density at radius 1 is 1.65 bits per heavy atom. The number of rotatable bonds is 3. The number of carbonyl (C=O) groups excluding carboxylic acids is 2. The van der Waals surface area contributed by atoms with Crippen molar-refractivity contribution >= 4 is 17.7 Å². The zero-order valence-electron chi connectivity index (χ0n) is 9.42. The van der Waals surface area contributed by atoms with Crippen molar-refractivity contribution in [1.82, 2.24) is 10.4 Å². The van der Waals surface area contributed by atoms with Crippen molar-refractivity contribution in [2.75, 3.05) is 11.6 Å². The number of aromatic nitrogens is 1. The highest BCUT2D eigenvalue weighted by Crippen LogP contribution is 2.18. The van der Waals surface area contributed by atoms with Crippen LogP contribution in [-0.4, -0.2) is 29.5 Å². The van der Waals surface area contributed by atoms with Crippen LogP contribution in [0.5, 0.6) is 0 Å². The zero-order valence-corrected chi connectivity index (χ0v) is 9.42. The van der Waals surface area contributed by atoms with Crippen LogP contribution < -0.4 is 10.4 Å². The molecular weight excluding hydrogens is 222 g/mol. The molecule has 0 radical (unpaired) electrons. The fourth-order valence-electron chi connectivity index (χ4n) is 1.67. The van der Waals surface area contributed by atoms with E-state index in [1.165, 1.54) is 5.01 Å². The van der Waals surface area contributed by atoms with Gasteiger partial charge in [0.25, 0.3) is 0 Å². The molecule has 0 spiro atoms. The SMILES string of the molecule is CCOC(=O)C1CC(=O)NN1c1ccccn1. The van der Waals surface area contributed by atoms with Gasteiger partial charge in [0.1, 0.15) is 5.82 Å². The van der Waals surface area contributed by atoms with E-state index in [-0.39, 0.29) is 12.3 Å². The van der Waals surface area contributed by atoms with Gasteiger partial charge >= 0.3 is 5.97 Å². The normalized spacial score (nSPS) is 19.0. The maximum absolute atomic E-state index is 11.7. The van der Waals surface area contributed by atoms with Gasteiger partial charge in [0, 0.05) is 6.20 Å². The van der Waals surface area contributed by atoms with Gasteiger partial charge < -0.3 is 4.74 Å². The highest BCUT2D eigenvalue weighted by molar-refractivity contribution is 5.92. The maximum atomic E-state index is 11.7. The molecule has 2 heterocycles. The number of hydrogen-bond donors (Lipinski definition) is 1. The lowest BCUT2D eigenvalue weighted by molar-refractivity contribution is -0.144. The Morgan fingerprint density at radius 3 is 3.12 bits per heavy atom. The molecule has 1 saturated heterocycles. The van der Waals surface area contributed by atoms with E-state index in [0.29, 0.717) is 12.4 Å². The standard InChI is InChI=1S/C11H13N3O3/c1-2-17-11(16)8-7-10(15)13-14(8)9-5-3-4-6-12-9/h3-6,8H,2,7H2,1H3,(H,13,15). The monoisotopic (exact) mass is 235 g/mol. The summed E-state index contributed by atoms with van der Waals surface area (Å²) >= 11 is 0. The number of amides is 1. The van der Waals surface area contributed by atoms with Crippen LogP contribution in [0.3, 0.4) is 0 Å². The summed E-state index contributed by atoms with van der Waals surface area (Å²) in [4.78, 5) is 27.1. The molecule has 6 heteroatoms. The number of anilines is 1. The van der Waals surface area contributed by atoms with Crippen molar-refractivity contribution in [1.29, 1.82) is 0 Å². The van der Waals surface area contributed by atoms with Crippen LogP contribution in [0.2, 0.25) is 0 Å². The van der Waals surface area contributed by atoms with Gasteiger partial charge in [0.15, 0.2) is 6.04 Å². The average Bonchev–Trinajstić information content (AvgIpc) is 2.73. The zero-order chi connectivity index (χ0) is 12.3. The third-order valence-electron chi connectivity index (χ3n) is 2.39. The Bertz CT molecular complexity index is 421. The van der Waals surface area contributed by atoms with Crippen LogP contribution in [0, 0.1) is 0 Å². The summed E-state index contributed by atoms with van der Waals surface area (Å²) in [5.41, 5.74) is 2.59. The van der Waals surface area contributed by atoms with E-state index >= 15 is 0 Å². The van der Waals surface area contributed by atoms with E-state index in [1.54, 1.807) is 31.3 Å². The fourth-order valence-corrected chi connectivity index (χ4v) is 1.67. The maximum Gasteiger partial charge on any atom is 0.331 e. The number of hydrazine groups is 1. The van der Waals surface area contributed by atoms with Crippen molar-refractivity contribution in [2.24, 2.45) is 0 Å². The molecule has 0 bridgehead atoms. The second-order valence-electron chi connectivity index (χ2n) is 3.56. The number of carbonyl (C=O) groups is 2. The van der Waals surface area contributed by atoms with Gasteiger partial charge in [-0.2, -0.15) is 0 Å². The van der Waals surface area contributed by atoms with E-state index in [9.17, 15) is 9.59 Å². The van der Waals surface area contributed by atoms with Gasteiger partial charge in [0.05, 0.1) is 13.0 Å². The molecule has 1 atom stereocenters. The van der Waals surface area contributed by atoms with E-state index in [2.05, 4.69) is 10.4 Å². The van der Waals surface area contributed by atoms with Gasteiger partial charge in [-0.3, -0.25) is 15.2 Å². The average molecular weight is 235 g/mol. The number of esters is 1. The molecule has 1 amide bonds. The van der Waals surface area contributed by atoms with E-state index in [0.717, 1.165) is 0 Å². The summed E-state index contributed by atoms with van der Waals surface area (Å²) in [5.74, 6) is -0.110. The van der Waals surface area contributed by atoms with Crippen LogP contribution >= 0.6 is 0 Å². The van der Waals surface area contributed by atoms with Crippen LogP contribution in [0.15, 0.2) is 24.4 Å². The van der Waals surface area contributed by atoms with Crippen molar-refractivity contribution in [2.45, 2.75) is 19.4 Å². The molecule has 1 aromatic rings. The van der Waals surface area contributed by atoms with Gasteiger partial charge in [0.2, 0.25) is 5.91 Å². The van der Waals surface area contributed by atoms with Gasteiger partial charge in [-0.15, -0.1) is 0 Å². The molecule has 1 N–H and O–H groups in total. The molecule has 1 aliphatic heterocycles. The summed E-state index contributed by atoms with van der Waals surface area (Å²) < 4.78 is 4.93. The van der Waals surface area contributed by atoms with Gasteiger partial charge in [-0.05, 0) is 19.1 Å². The molecule has 2 rings (SSSR count).